The standard InChI is InChI=1S/C24H24FN3O4.C2H6.H2/c1-16-13-28-23(26)22(24(30)27-12-11-17-5-3-2-4-6-17)20(16)14-32-21(29)15-31-19-9-7-18(25)8-10-19;1-2;/h2-10,13H,11-12,14-15H2,1H3,(H2,26,28)(H,27,30);1-2H3;1H. The summed E-state index contributed by atoms with van der Waals surface area (Å²) < 4.78 is 23.5. The zero-order valence-electron chi connectivity index (χ0n) is 19.6. The first-order chi connectivity index (χ1) is 16.4. The summed E-state index contributed by atoms with van der Waals surface area (Å²) in [6, 6.07) is 15.0. The Morgan fingerprint density at radius 2 is 1.76 bits per heavy atom. The van der Waals surface area contributed by atoms with Crippen molar-refractivity contribution in [2.24, 2.45) is 0 Å². The summed E-state index contributed by atoms with van der Waals surface area (Å²) in [5.41, 5.74) is 8.38. The molecule has 0 aliphatic heterocycles. The van der Waals surface area contributed by atoms with Crippen LogP contribution in [0.25, 0.3) is 0 Å². The zero-order valence-corrected chi connectivity index (χ0v) is 19.6. The molecule has 7 nitrogen and oxygen atoms in total. The average molecular weight is 470 g/mol. The van der Waals surface area contributed by atoms with Gasteiger partial charge in [0.1, 0.15) is 24.0 Å². The van der Waals surface area contributed by atoms with Gasteiger partial charge in [0.25, 0.3) is 5.91 Å². The number of nitrogens with one attached hydrogen (secondary N) is 1. The smallest absolute Gasteiger partial charge is 0.344 e. The van der Waals surface area contributed by atoms with Gasteiger partial charge >= 0.3 is 5.97 Å². The molecule has 0 saturated heterocycles. The highest BCUT2D eigenvalue weighted by Gasteiger charge is 2.19. The van der Waals surface area contributed by atoms with Gasteiger partial charge in [0.15, 0.2) is 6.61 Å². The van der Waals surface area contributed by atoms with Crippen molar-refractivity contribution in [3.8, 4) is 5.75 Å². The van der Waals surface area contributed by atoms with Crippen molar-refractivity contribution in [1.82, 2.24) is 10.3 Å². The Morgan fingerprint density at radius 3 is 2.44 bits per heavy atom. The van der Waals surface area contributed by atoms with Crippen LogP contribution in [-0.2, 0) is 22.6 Å². The molecule has 0 fully saturated rings. The van der Waals surface area contributed by atoms with E-state index in [4.69, 9.17) is 15.2 Å². The lowest BCUT2D eigenvalue weighted by Gasteiger charge is -2.15. The number of aryl methyl sites for hydroxylation is 1. The number of halogens is 1. The normalized spacial score (nSPS) is 10.0. The lowest BCUT2D eigenvalue weighted by atomic mass is 10.0. The minimum atomic E-state index is -0.639. The van der Waals surface area contributed by atoms with Crippen LogP contribution in [0.15, 0.2) is 60.8 Å². The lowest BCUT2D eigenvalue weighted by molar-refractivity contribution is -0.147. The fraction of sp³-hybridized carbons (Fsp3) is 0.269. The maximum absolute atomic E-state index is 12.9. The van der Waals surface area contributed by atoms with E-state index in [-0.39, 0.29) is 31.9 Å². The van der Waals surface area contributed by atoms with E-state index >= 15 is 0 Å². The number of rotatable bonds is 9. The number of carbonyl (C=O) groups excluding carboxylic acids is 2. The van der Waals surface area contributed by atoms with Crippen LogP contribution in [0.4, 0.5) is 10.2 Å². The molecular weight excluding hydrogens is 437 g/mol. The summed E-state index contributed by atoms with van der Waals surface area (Å²) in [5.74, 6) is -1.03. The Bertz CT molecular complexity index is 1080. The molecule has 0 bridgehead atoms. The monoisotopic (exact) mass is 469 g/mol. The molecule has 3 N–H and O–H groups in total. The number of hydrogen-bond acceptors (Lipinski definition) is 6. The van der Waals surface area contributed by atoms with Gasteiger partial charge in [-0.3, -0.25) is 4.79 Å². The van der Waals surface area contributed by atoms with Crippen LogP contribution in [0.5, 0.6) is 5.75 Å². The maximum Gasteiger partial charge on any atom is 0.344 e. The second kappa shape index (κ2) is 13.6. The van der Waals surface area contributed by atoms with Gasteiger partial charge in [-0.25, -0.2) is 14.2 Å². The molecule has 3 aromatic rings. The number of anilines is 1. The predicted molar refractivity (Wildman–Crippen MR) is 131 cm³/mol. The maximum atomic E-state index is 12.9. The van der Waals surface area contributed by atoms with E-state index in [1.807, 2.05) is 44.2 Å². The molecule has 0 spiro atoms. The van der Waals surface area contributed by atoms with Crippen LogP contribution in [0.2, 0.25) is 0 Å². The third-order valence-electron chi connectivity index (χ3n) is 4.75. The first-order valence-electron chi connectivity index (χ1n) is 11.0. The van der Waals surface area contributed by atoms with Crippen molar-refractivity contribution in [3.05, 3.63) is 88.9 Å². The number of pyridine rings is 1. The lowest BCUT2D eigenvalue weighted by Crippen LogP contribution is -2.28. The summed E-state index contributed by atoms with van der Waals surface area (Å²) in [4.78, 5) is 28.9. The fourth-order valence-corrected chi connectivity index (χ4v) is 3.02. The number of nitrogens with two attached hydrogens (primary N) is 1. The number of nitrogen functional groups attached to an aromatic ring is 1. The number of hydrogen-bond donors (Lipinski definition) is 2. The first-order valence-corrected chi connectivity index (χ1v) is 11.0. The van der Waals surface area contributed by atoms with Crippen LogP contribution >= 0.6 is 0 Å². The quantitative estimate of drug-likeness (QED) is 0.448. The topological polar surface area (TPSA) is 104 Å². The summed E-state index contributed by atoms with van der Waals surface area (Å²) in [6.07, 6.45) is 2.19. The number of carbonyl (C=O) groups is 2. The highest BCUT2D eigenvalue weighted by atomic mass is 19.1. The molecule has 1 aromatic heterocycles. The Hall–Kier alpha value is -3.94. The highest BCUT2D eigenvalue weighted by Crippen LogP contribution is 2.20. The van der Waals surface area contributed by atoms with E-state index in [9.17, 15) is 14.0 Å². The number of aromatic nitrogens is 1. The Balaban J connectivity index is 0.00000199. The summed E-state index contributed by atoms with van der Waals surface area (Å²) in [7, 11) is 0. The molecule has 3 rings (SSSR count). The third-order valence-corrected chi connectivity index (χ3v) is 4.75. The van der Waals surface area contributed by atoms with E-state index in [2.05, 4.69) is 10.3 Å². The van der Waals surface area contributed by atoms with Gasteiger partial charge in [-0.05, 0) is 48.7 Å². The second-order valence-electron chi connectivity index (χ2n) is 7.07. The van der Waals surface area contributed by atoms with E-state index < -0.39 is 11.8 Å². The molecule has 0 aliphatic carbocycles. The summed E-state index contributed by atoms with van der Waals surface area (Å²) >= 11 is 0. The minimum Gasteiger partial charge on any atom is -0.482 e. The Morgan fingerprint density at radius 1 is 1.09 bits per heavy atom. The SMILES string of the molecule is CC.Cc1cnc(N)c(C(=O)NCCc2ccccc2)c1COC(=O)COc1ccc(F)cc1.[HH]. The number of nitrogens with zero attached hydrogens (tertiary/aromatic N) is 1. The largest absolute Gasteiger partial charge is 0.482 e. The number of ether oxygens (including phenoxy) is 2. The average Bonchev–Trinajstić information content (AvgIpc) is 2.86. The van der Waals surface area contributed by atoms with E-state index in [1.165, 1.54) is 30.5 Å². The van der Waals surface area contributed by atoms with E-state index in [1.54, 1.807) is 6.92 Å². The third kappa shape index (κ3) is 7.88. The first kappa shape index (κ1) is 26.3. The molecule has 0 aliphatic rings. The minimum absolute atomic E-state index is 0. The van der Waals surface area contributed by atoms with Crippen molar-refractivity contribution < 1.29 is 24.9 Å². The van der Waals surface area contributed by atoms with Crippen LogP contribution in [0.3, 0.4) is 0 Å². The van der Waals surface area contributed by atoms with Crippen molar-refractivity contribution in [1.29, 1.82) is 0 Å². The zero-order chi connectivity index (χ0) is 24.9. The predicted octanol–water partition coefficient (Wildman–Crippen LogP) is 4.48. The van der Waals surface area contributed by atoms with Gasteiger partial charge in [0, 0.05) is 19.7 Å². The fourth-order valence-electron chi connectivity index (χ4n) is 3.02. The van der Waals surface area contributed by atoms with Gasteiger partial charge in [-0.1, -0.05) is 44.2 Å². The van der Waals surface area contributed by atoms with Gasteiger partial charge in [0.05, 0.1) is 5.56 Å². The van der Waals surface area contributed by atoms with Crippen molar-refractivity contribution in [2.45, 2.75) is 33.8 Å². The summed E-state index contributed by atoms with van der Waals surface area (Å²) in [6.45, 7) is 5.65. The number of amides is 1. The van der Waals surface area contributed by atoms with Gasteiger partial charge in [-0.15, -0.1) is 0 Å². The van der Waals surface area contributed by atoms with E-state index in [0.717, 1.165) is 5.56 Å². The van der Waals surface area contributed by atoms with Crippen molar-refractivity contribution in [2.75, 3.05) is 18.9 Å². The molecular formula is C26H32FN3O4. The van der Waals surface area contributed by atoms with Gasteiger partial charge in [-0.2, -0.15) is 0 Å². The van der Waals surface area contributed by atoms with Crippen LogP contribution in [-0.4, -0.2) is 30.0 Å². The molecule has 0 unspecified atom stereocenters. The number of benzene rings is 2. The second-order valence-corrected chi connectivity index (χ2v) is 7.07. The molecule has 1 amide bonds. The molecule has 0 saturated carbocycles. The van der Waals surface area contributed by atoms with Crippen LogP contribution in [0.1, 0.15) is 42.3 Å². The van der Waals surface area contributed by atoms with Crippen molar-refractivity contribution in [3.63, 3.8) is 0 Å². The Kier molecular flexibility index (Phi) is 10.5. The van der Waals surface area contributed by atoms with E-state index in [0.29, 0.717) is 29.8 Å². The number of esters is 1. The van der Waals surface area contributed by atoms with Crippen LogP contribution in [0, 0.1) is 12.7 Å². The Labute approximate surface area is 200 Å². The molecule has 0 atom stereocenters. The molecule has 2 aromatic carbocycles. The highest BCUT2D eigenvalue weighted by molar-refractivity contribution is 6.00. The summed E-state index contributed by atoms with van der Waals surface area (Å²) in [5, 5.41) is 2.84. The van der Waals surface area contributed by atoms with Crippen molar-refractivity contribution >= 4 is 17.7 Å². The molecule has 34 heavy (non-hydrogen) atoms. The van der Waals surface area contributed by atoms with Gasteiger partial charge < -0.3 is 20.5 Å². The molecule has 1 heterocycles. The molecule has 8 heteroatoms. The molecule has 0 radical (unpaired) electrons. The van der Waals surface area contributed by atoms with Crippen LogP contribution < -0.4 is 15.8 Å². The molecule has 182 valence electrons. The van der Waals surface area contributed by atoms with Gasteiger partial charge in [0.2, 0.25) is 0 Å².